The highest BCUT2D eigenvalue weighted by molar-refractivity contribution is 5.70. The molecule has 0 spiro atoms. The van der Waals surface area contributed by atoms with Crippen LogP contribution >= 0.6 is 0 Å². The molecule has 0 aliphatic rings. The largest absolute Gasteiger partial charge is 0.466 e. The monoisotopic (exact) mass is 265 g/mol. The molecule has 0 aliphatic carbocycles. The van der Waals surface area contributed by atoms with E-state index < -0.39 is 18.2 Å². The van der Waals surface area contributed by atoms with Gasteiger partial charge in [-0.25, -0.2) is 4.79 Å². The van der Waals surface area contributed by atoms with Crippen molar-refractivity contribution in [2.45, 2.75) is 25.6 Å². The fraction of sp³-hybridized carbons (Fsp3) is 0.385. The number of aliphatic imine (C=N–C) groups is 1. The number of aliphatic hydroxyl groups is 2. The van der Waals surface area contributed by atoms with Gasteiger partial charge in [0.25, 0.3) is 0 Å². The van der Waals surface area contributed by atoms with Crippen LogP contribution in [0.15, 0.2) is 29.3 Å². The number of nitrogens with zero attached hydrogens (tertiary/aromatic N) is 1. The predicted octanol–water partition coefficient (Wildman–Crippen LogP) is 1.00. The highest BCUT2D eigenvalue weighted by atomic mass is 16.5. The molecular weight excluding hydrogens is 250 g/mol. The standard InChI is InChI=1S/C13H15NO5/c1-2-19-12(17)7-11(16)13(18)9-5-3-4-6-10(9)14-8-15/h3-6,11,13,16,18H,2,7H2,1H3. The molecular formula is C13H15NO5. The molecule has 102 valence electrons. The van der Waals surface area contributed by atoms with Crippen molar-refractivity contribution in [3.8, 4) is 0 Å². The lowest BCUT2D eigenvalue weighted by molar-refractivity contribution is -0.147. The molecule has 1 rings (SSSR count). The summed E-state index contributed by atoms with van der Waals surface area (Å²) in [5, 5.41) is 19.7. The fourth-order valence-electron chi connectivity index (χ4n) is 1.60. The number of hydrogen-bond acceptors (Lipinski definition) is 6. The first-order valence-electron chi connectivity index (χ1n) is 5.78. The normalized spacial score (nSPS) is 13.2. The Balaban J connectivity index is 2.84. The maximum atomic E-state index is 11.2. The van der Waals surface area contributed by atoms with Gasteiger partial charge >= 0.3 is 5.97 Å². The van der Waals surface area contributed by atoms with Crippen LogP contribution in [0.3, 0.4) is 0 Å². The van der Waals surface area contributed by atoms with Gasteiger partial charge in [0.05, 0.1) is 24.8 Å². The molecule has 2 unspecified atom stereocenters. The first kappa shape index (κ1) is 15.0. The molecule has 0 fully saturated rings. The van der Waals surface area contributed by atoms with E-state index >= 15 is 0 Å². The number of ether oxygens (including phenoxy) is 1. The molecule has 0 amide bonds. The lowest BCUT2D eigenvalue weighted by atomic mass is 10.0. The molecule has 0 aliphatic heterocycles. The van der Waals surface area contributed by atoms with Gasteiger partial charge in [-0.1, -0.05) is 18.2 Å². The first-order valence-corrected chi connectivity index (χ1v) is 5.78. The lowest BCUT2D eigenvalue weighted by Crippen LogP contribution is -2.23. The summed E-state index contributed by atoms with van der Waals surface area (Å²) in [6.45, 7) is 1.85. The van der Waals surface area contributed by atoms with Gasteiger partial charge in [-0.3, -0.25) is 4.79 Å². The quantitative estimate of drug-likeness (QED) is 0.454. The van der Waals surface area contributed by atoms with Gasteiger partial charge in [-0.2, -0.15) is 4.99 Å². The third-order valence-corrected chi connectivity index (χ3v) is 2.47. The number of aliphatic hydroxyl groups excluding tert-OH is 2. The molecule has 0 radical (unpaired) electrons. The smallest absolute Gasteiger partial charge is 0.308 e. The van der Waals surface area contributed by atoms with Gasteiger partial charge in [0.2, 0.25) is 6.08 Å². The zero-order chi connectivity index (χ0) is 14.3. The zero-order valence-corrected chi connectivity index (χ0v) is 10.4. The van der Waals surface area contributed by atoms with E-state index in [1.165, 1.54) is 18.2 Å². The van der Waals surface area contributed by atoms with Crippen molar-refractivity contribution >= 4 is 17.7 Å². The number of carbonyl (C=O) groups excluding carboxylic acids is 2. The number of para-hydroxylation sites is 1. The molecule has 0 saturated carbocycles. The summed E-state index contributed by atoms with van der Waals surface area (Å²) in [4.78, 5) is 24.9. The maximum absolute atomic E-state index is 11.2. The summed E-state index contributed by atoms with van der Waals surface area (Å²) in [5.74, 6) is -0.606. The van der Waals surface area contributed by atoms with Gasteiger partial charge < -0.3 is 14.9 Å². The molecule has 0 heterocycles. The van der Waals surface area contributed by atoms with Gasteiger partial charge in [0, 0.05) is 5.56 Å². The van der Waals surface area contributed by atoms with E-state index in [-0.39, 0.29) is 24.3 Å². The van der Waals surface area contributed by atoms with Crippen LogP contribution in [0.5, 0.6) is 0 Å². The summed E-state index contributed by atoms with van der Waals surface area (Å²) in [6.07, 6.45) is -1.64. The average Bonchev–Trinajstić information content (AvgIpc) is 2.39. The molecule has 6 heteroatoms. The van der Waals surface area contributed by atoms with E-state index in [0.717, 1.165) is 0 Å². The van der Waals surface area contributed by atoms with Crippen molar-refractivity contribution in [1.82, 2.24) is 0 Å². The Bertz CT molecular complexity index is 482. The van der Waals surface area contributed by atoms with E-state index in [9.17, 15) is 19.8 Å². The Hall–Kier alpha value is -2.01. The van der Waals surface area contributed by atoms with Crippen molar-refractivity contribution in [3.63, 3.8) is 0 Å². The number of rotatable bonds is 6. The van der Waals surface area contributed by atoms with Crippen LogP contribution in [-0.4, -0.2) is 35.0 Å². The minimum Gasteiger partial charge on any atom is -0.466 e. The van der Waals surface area contributed by atoms with Crippen LogP contribution in [-0.2, 0) is 14.3 Å². The fourth-order valence-corrected chi connectivity index (χ4v) is 1.60. The second-order valence-electron chi connectivity index (χ2n) is 3.78. The summed E-state index contributed by atoms with van der Waals surface area (Å²) in [6, 6.07) is 6.26. The Kier molecular flexibility index (Phi) is 5.89. The summed E-state index contributed by atoms with van der Waals surface area (Å²) >= 11 is 0. The highest BCUT2D eigenvalue weighted by Gasteiger charge is 2.24. The number of benzene rings is 1. The predicted molar refractivity (Wildman–Crippen MR) is 66.4 cm³/mol. The third kappa shape index (κ3) is 4.30. The zero-order valence-electron chi connectivity index (χ0n) is 10.4. The Morgan fingerprint density at radius 2 is 2.11 bits per heavy atom. The second-order valence-corrected chi connectivity index (χ2v) is 3.78. The summed E-state index contributed by atoms with van der Waals surface area (Å²) < 4.78 is 4.68. The maximum Gasteiger partial charge on any atom is 0.308 e. The third-order valence-electron chi connectivity index (χ3n) is 2.47. The Morgan fingerprint density at radius 3 is 2.74 bits per heavy atom. The molecule has 0 bridgehead atoms. The Morgan fingerprint density at radius 1 is 1.42 bits per heavy atom. The van der Waals surface area contributed by atoms with Crippen molar-refractivity contribution in [2.75, 3.05) is 6.61 Å². The summed E-state index contributed by atoms with van der Waals surface area (Å²) in [5.41, 5.74) is 0.454. The number of carbonyl (C=O) groups is 1. The van der Waals surface area contributed by atoms with Crippen LogP contribution in [0.25, 0.3) is 0 Å². The van der Waals surface area contributed by atoms with Crippen LogP contribution in [0.2, 0.25) is 0 Å². The van der Waals surface area contributed by atoms with Crippen LogP contribution in [0.1, 0.15) is 25.0 Å². The van der Waals surface area contributed by atoms with Gasteiger partial charge in [0.1, 0.15) is 6.10 Å². The topological polar surface area (TPSA) is 96.2 Å². The highest BCUT2D eigenvalue weighted by Crippen LogP contribution is 2.28. The second kappa shape index (κ2) is 7.43. The number of isocyanates is 1. The van der Waals surface area contributed by atoms with Crippen molar-refractivity contribution in [2.24, 2.45) is 4.99 Å². The minimum absolute atomic E-state index is 0.202. The molecule has 19 heavy (non-hydrogen) atoms. The SMILES string of the molecule is CCOC(=O)CC(O)C(O)c1ccccc1N=C=O. The van der Waals surface area contributed by atoms with Crippen molar-refractivity contribution in [1.29, 1.82) is 0 Å². The van der Waals surface area contributed by atoms with Crippen LogP contribution in [0, 0.1) is 0 Å². The van der Waals surface area contributed by atoms with Crippen LogP contribution < -0.4 is 0 Å². The van der Waals surface area contributed by atoms with Crippen LogP contribution in [0.4, 0.5) is 5.69 Å². The van der Waals surface area contributed by atoms with Crippen molar-refractivity contribution < 1.29 is 24.5 Å². The van der Waals surface area contributed by atoms with E-state index in [1.807, 2.05) is 0 Å². The average molecular weight is 265 g/mol. The molecule has 2 N–H and O–H groups in total. The summed E-state index contributed by atoms with van der Waals surface area (Å²) in [7, 11) is 0. The van der Waals surface area contributed by atoms with Crippen molar-refractivity contribution in [3.05, 3.63) is 29.8 Å². The molecule has 0 saturated heterocycles. The number of hydrogen-bond donors (Lipinski definition) is 2. The molecule has 1 aromatic carbocycles. The van der Waals surface area contributed by atoms with Gasteiger partial charge in [-0.15, -0.1) is 0 Å². The van der Waals surface area contributed by atoms with E-state index in [0.29, 0.717) is 0 Å². The molecule has 2 atom stereocenters. The number of esters is 1. The Labute approximate surface area is 110 Å². The lowest BCUT2D eigenvalue weighted by Gasteiger charge is -2.18. The molecule has 1 aromatic rings. The van der Waals surface area contributed by atoms with Gasteiger partial charge in [-0.05, 0) is 13.0 Å². The minimum atomic E-state index is -1.34. The van der Waals surface area contributed by atoms with Gasteiger partial charge in [0.15, 0.2) is 0 Å². The van der Waals surface area contributed by atoms with E-state index in [2.05, 4.69) is 9.73 Å². The molecule has 0 aromatic heterocycles. The van der Waals surface area contributed by atoms with E-state index in [1.54, 1.807) is 19.1 Å². The van der Waals surface area contributed by atoms with E-state index in [4.69, 9.17) is 0 Å². The molecule has 6 nitrogen and oxygen atoms in total. The first-order chi connectivity index (χ1) is 9.10.